The third kappa shape index (κ3) is 10.0. The van der Waals surface area contributed by atoms with E-state index in [4.69, 9.17) is 5.11 Å². The maximum atomic E-state index is 8.79. The highest BCUT2D eigenvalue weighted by molar-refractivity contribution is 5.85. The molecule has 1 aliphatic heterocycles. The zero-order chi connectivity index (χ0) is 13.8. The second-order valence-electron chi connectivity index (χ2n) is 6.27. The first-order chi connectivity index (χ1) is 9.36. The van der Waals surface area contributed by atoms with Gasteiger partial charge in [0.25, 0.3) is 0 Å². The lowest BCUT2D eigenvalue weighted by Gasteiger charge is -2.32. The molecule has 1 fully saturated rings. The molecule has 1 aliphatic rings. The highest BCUT2D eigenvalue weighted by Gasteiger charge is 2.18. The lowest BCUT2D eigenvalue weighted by molar-refractivity contribution is 0.169. The number of halogens is 1. The number of hydrogen-bond acceptors (Lipinski definition) is 2. The number of piperidine rings is 1. The molecule has 0 amide bonds. The van der Waals surface area contributed by atoms with Crippen molar-refractivity contribution in [3.63, 3.8) is 0 Å². The van der Waals surface area contributed by atoms with Crippen LogP contribution >= 0.6 is 12.4 Å². The molecule has 0 bridgehead atoms. The Balaban J connectivity index is 0.00000361. The predicted molar refractivity (Wildman–Crippen MR) is 90.7 cm³/mol. The van der Waals surface area contributed by atoms with Gasteiger partial charge in [0.2, 0.25) is 0 Å². The fourth-order valence-corrected chi connectivity index (χ4v) is 3.16. The van der Waals surface area contributed by atoms with Gasteiger partial charge in [-0.3, -0.25) is 0 Å². The maximum absolute atomic E-state index is 8.79. The summed E-state index contributed by atoms with van der Waals surface area (Å²) in [4.78, 5) is 2.59. The zero-order valence-electron chi connectivity index (χ0n) is 13.5. The van der Waals surface area contributed by atoms with Gasteiger partial charge in [-0.15, -0.1) is 12.4 Å². The van der Waals surface area contributed by atoms with Crippen LogP contribution in [0.5, 0.6) is 0 Å². The molecule has 1 rings (SSSR count). The molecule has 20 heavy (non-hydrogen) atoms. The van der Waals surface area contributed by atoms with Crippen LogP contribution in [0.2, 0.25) is 0 Å². The zero-order valence-corrected chi connectivity index (χ0v) is 14.3. The number of aliphatic hydroxyl groups excluding tert-OH is 1. The van der Waals surface area contributed by atoms with Crippen LogP contribution in [0.4, 0.5) is 0 Å². The SMILES string of the molecule is CCCCCCCCC1CCN(CCCCO)CC1.Cl. The summed E-state index contributed by atoms with van der Waals surface area (Å²) in [7, 11) is 0. The van der Waals surface area contributed by atoms with Crippen molar-refractivity contribution in [1.29, 1.82) is 0 Å². The minimum absolute atomic E-state index is 0. The molecule has 1 heterocycles. The quantitative estimate of drug-likeness (QED) is 0.562. The van der Waals surface area contributed by atoms with Gasteiger partial charge < -0.3 is 10.0 Å². The third-order valence-electron chi connectivity index (χ3n) is 4.56. The number of nitrogens with zero attached hydrogens (tertiary/aromatic N) is 1. The van der Waals surface area contributed by atoms with Crippen LogP contribution in [0, 0.1) is 5.92 Å². The minimum atomic E-state index is 0. The van der Waals surface area contributed by atoms with Crippen molar-refractivity contribution in [1.82, 2.24) is 4.90 Å². The Morgan fingerprint density at radius 3 is 2.20 bits per heavy atom. The second-order valence-corrected chi connectivity index (χ2v) is 6.27. The van der Waals surface area contributed by atoms with Crippen LogP contribution in [-0.2, 0) is 0 Å². The molecule has 0 atom stereocenters. The molecule has 1 saturated heterocycles. The summed E-state index contributed by atoms with van der Waals surface area (Å²) in [5, 5.41) is 8.79. The van der Waals surface area contributed by atoms with Crippen molar-refractivity contribution in [3.05, 3.63) is 0 Å². The lowest BCUT2D eigenvalue weighted by Crippen LogP contribution is -2.34. The highest BCUT2D eigenvalue weighted by Crippen LogP contribution is 2.23. The average molecular weight is 306 g/mol. The van der Waals surface area contributed by atoms with E-state index in [0.29, 0.717) is 6.61 Å². The molecule has 0 unspecified atom stereocenters. The van der Waals surface area contributed by atoms with E-state index in [-0.39, 0.29) is 12.4 Å². The van der Waals surface area contributed by atoms with Crippen molar-refractivity contribution in [2.75, 3.05) is 26.2 Å². The predicted octanol–water partition coefficient (Wildman–Crippen LogP) is 4.64. The van der Waals surface area contributed by atoms with Gasteiger partial charge in [0.1, 0.15) is 0 Å². The van der Waals surface area contributed by atoms with E-state index in [9.17, 15) is 0 Å². The Kier molecular flexibility index (Phi) is 14.3. The summed E-state index contributed by atoms with van der Waals surface area (Å²) in [6.45, 7) is 6.44. The number of aliphatic hydroxyl groups is 1. The number of rotatable bonds is 11. The monoisotopic (exact) mass is 305 g/mol. The first-order valence-corrected chi connectivity index (χ1v) is 8.70. The molecule has 3 heteroatoms. The fraction of sp³-hybridized carbons (Fsp3) is 1.00. The Morgan fingerprint density at radius 1 is 0.900 bits per heavy atom. The van der Waals surface area contributed by atoms with Gasteiger partial charge >= 0.3 is 0 Å². The van der Waals surface area contributed by atoms with Gasteiger partial charge in [0, 0.05) is 6.61 Å². The largest absolute Gasteiger partial charge is 0.396 e. The normalized spacial score (nSPS) is 17.1. The standard InChI is InChI=1S/C17H35NO.ClH/c1-2-3-4-5-6-7-10-17-11-14-18(15-12-17)13-8-9-16-19;/h17,19H,2-16H2,1H3;1H. The summed E-state index contributed by atoms with van der Waals surface area (Å²) >= 11 is 0. The summed E-state index contributed by atoms with van der Waals surface area (Å²) in [5.74, 6) is 1.00. The van der Waals surface area contributed by atoms with Gasteiger partial charge in [-0.25, -0.2) is 0 Å². The molecule has 1 N–H and O–H groups in total. The number of unbranched alkanes of at least 4 members (excludes halogenated alkanes) is 6. The van der Waals surface area contributed by atoms with Crippen LogP contribution in [0.3, 0.4) is 0 Å². The summed E-state index contributed by atoms with van der Waals surface area (Å²) in [6, 6.07) is 0. The Bertz CT molecular complexity index is 191. The lowest BCUT2D eigenvalue weighted by atomic mass is 9.91. The minimum Gasteiger partial charge on any atom is -0.396 e. The van der Waals surface area contributed by atoms with E-state index < -0.39 is 0 Å². The summed E-state index contributed by atoms with van der Waals surface area (Å²) < 4.78 is 0. The van der Waals surface area contributed by atoms with Crippen molar-refractivity contribution in [2.45, 2.75) is 77.6 Å². The maximum Gasteiger partial charge on any atom is 0.0431 e. The molecule has 122 valence electrons. The van der Waals surface area contributed by atoms with Gasteiger partial charge in [-0.05, 0) is 51.2 Å². The molecule has 2 nitrogen and oxygen atoms in total. The van der Waals surface area contributed by atoms with Crippen molar-refractivity contribution in [2.24, 2.45) is 5.92 Å². The molecule has 0 aliphatic carbocycles. The number of likely N-dealkylation sites (tertiary alicyclic amines) is 1. The Hall–Kier alpha value is 0.210. The van der Waals surface area contributed by atoms with Gasteiger partial charge in [0.15, 0.2) is 0 Å². The van der Waals surface area contributed by atoms with Crippen LogP contribution in [0.25, 0.3) is 0 Å². The first kappa shape index (κ1) is 20.2. The third-order valence-corrected chi connectivity index (χ3v) is 4.56. The molecule has 0 aromatic carbocycles. The highest BCUT2D eigenvalue weighted by atomic mass is 35.5. The second kappa shape index (κ2) is 14.2. The van der Waals surface area contributed by atoms with Crippen LogP contribution in [0.15, 0.2) is 0 Å². The number of hydrogen-bond donors (Lipinski definition) is 1. The fourth-order valence-electron chi connectivity index (χ4n) is 3.16. The van der Waals surface area contributed by atoms with Gasteiger partial charge in [0.05, 0.1) is 0 Å². The summed E-state index contributed by atoms with van der Waals surface area (Å²) in [6.07, 6.45) is 15.0. The Labute approximate surface area is 132 Å². The first-order valence-electron chi connectivity index (χ1n) is 8.70. The summed E-state index contributed by atoms with van der Waals surface area (Å²) in [5.41, 5.74) is 0. The van der Waals surface area contributed by atoms with E-state index in [2.05, 4.69) is 11.8 Å². The molecule has 0 aromatic heterocycles. The van der Waals surface area contributed by atoms with Crippen molar-refractivity contribution >= 4 is 12.4 Å². The average Bonchev–Trinajstić information content (AvgIpc) is 2.44. The van der Waals surface area contributed by atoms with E-state index >= 15 is 0 Å². The van der Waals surface area contributed by atoms with E-state index in [0.717, 1.165) is 12.3 Å². The smallest absolute Gasteiger partial charge is 0.0431 e. The molecular weight excluding hydrogens is 270 g/mol. The van der Waals surface area contributed by atoms with Crippen LogP contribution < -0.4 is 0 Å². The molecule has 0 spiro atoms. The molecule has 0 saturated carbocycles. The molecular formula is C17H36ClNO. The van der Waals surface area contributed by atoms with Gasteiger partial charge in [-0.2, -0.15) is 0 Å². The van der Waals surface area contributed by atoms with Crippen LogP contribution in [0.1, 0.15) is 77.6 Å². The van der Waals surface area contributed by atoms with Crippen molar-refractivity contribution < 1.29 is 5.11 Å². The Morgan fingerprint density at radius 2 is 1.55 bits per heavy atom. The topological polar surface area (TPSA) is 23.5 Å². The van der Waals surface area contributed by atoms with E-state index in [1.54, 1.807) is 0 Å². The molecule has 0 aromatic rings. The van der Waals surface area contributed by atoms with E-state index in [1.165, 1.54) is 83.8 Å². The van der Waals surface area contributed by atoms with Gasteiger partial charge in [-0.1, -0.05) is 51.9 Å². The van der Waals surface area contributed by atoms with Crippen molar-refractivity contribution in [3.8, 4) is 0 Å². The van der Waals surface area contributed by atoms with Crippen LogP contribution in [-0.4, -0.2) is 36.2 Å². The van der Waals surface area contributed by atoms with E-state index in [1.807, 2.05) is 0 Å². The molecule has 0 radical (unpaired) electrons.